The predicted molar refractivity (Wildman–Crippen MR) is 74.0 cm³/mol. The molecule has 1 heterocycles. The summed E-state index contributed by atoms with van der Waals surface area (Å²) >= 11 is 0. The van der Waals surface area contributed by atoms with Crippen LogP contribution in [0.4, 0.5) is 5.82 Å². The number of fused-ring (bicyclic) bond motifs is 1. The van der Waals surface area contributed by atoms with E-state index in [1.54, 1.807) is 0 Å². The minimum absolute atomic E-state index is 0.0197. The average molecular weight is 259 g/mol. The first-order chi connectivity index (χ1) is 9.13. The van der Waals surface area contributed by atoms with Crippen molar-refractivity contribution in [2.24, 2.45) is 5.92 Å². The fourth-order valence-corrected chi connectivity index (χ4v) is 1.95. The van der Waals surface area contributed by atoms with E-state index in [-0.39, 0.29) is 5.92 Å². The summed E-state index contributed by atoms with van der Waals surface area (Å²) in [5.74, 6) is -0.276. The topological polar surface area (TPSA) is 75.1 Å². The van der Waals surface area contributed by atoms with Gasteiger partial charge < -0.3 is 10.4 Å². The molecule has 0 spiro atoms. The lowest BCUT2D eigenvalue weighted by molar-refractivity contribution is -0.139. The number of hydrogen-bond acceptors (Lipinski definition) is 4. The van der Waals surface area contributed by atoms with Crippen LogP contribution in [-0.4, -0.2) is 27.1 Å². The molecule has 0 bridgehead atoms. The lowest BCUT2D eigenvalue weighted by atomic mass is 9.99. The van der Waals surface area contributed by atoms with Gasteiger partial charge in [0.05, 0.1) is 5.52 Å². The van der Waals surface area contributed by atoms with Crippen LogP contribution in [0.1, 0.15) is 20.3 Å². The lowest BCUT2D eigenvalue weighted by Gasteiger charge is -2.21. The van der Waals surface area contributed by atoms with E-state index in [1.807, 2.05) is 38.1 Å². The summed E-state index contributed by atoms with van der Waals surface area (Å²) in [5, 5.41) is 13.2. The van der Waals surface area contributed by atoms with Gasteiger partial charge in [-0.15, -0.1) is 0 Å². The molecular formula is C14H17N3O2. The second-order valence-electron chi connectivity index (χ2n) is 4.59. The lowest BCUT2D eigenvalue weighted by Crippen LogP contribution is -2.35. The monoisotopic (exact) mass is 259 g/mol. The Kier molecular flexibility index (Phi) is 3.94. The van der Waals surface area contributed by atoms with Crippen molar-refractivity contribution in [1.82, 2.24) is 9.97 Å². The van der Waals surface area contributed by atoms with E-state index in [2.05, 4.69) is 15.3 Å². The number of anilines is 1. The third kappa shape index (κ3) is 2.81. The zero-order chi connectivity index (χ0) is 13.8. The van der Waals surface area contributed by atoms with E-state index in [0.29, 0.717) is 5.82 Å². The summed E-state index contributed by atoms with van der Waals surface area (Å²) in [6.07, 6.45) is 2.23. The SMILES string of the molecule is CC[C@H](C)[C@@H](Nc1ncnc2ccccc12)C(=O)O. The van der Waals surface area contributed by atoms with Gasteiger partial charge in [-0.05, 0) is 18.1 Å². The Balaban J connectivity index is 2.36. The second-order valence-corrected chi connectivity index (χ2v) is 4.59. The Morgan fingerprint density at radius 3 is 2.79 bits per heavy atom. The summed E-state index contributed by atoms with van der Waals surface area (Å²) in [6, 6.07) is 6.88. The fourth-order valence-electron chi connectivity index (χ4n) is 1.95. The van der Waals surface area contributed by atoms with Crippen LogP contribution >= 0.6 is 0 Å². The Hall–Kier alpha value is -2.17. The van der Waals surface area contributed by atoms with Gasteiger partial charge in [-0.1, -0.05) is 32.4 Å². The highest BCUT2D eigenvalue weighted by molar-refractivity contribution is 5.90. The van der Waals surface area contributed by atoms with Crippen LogP contribution in [0.15, 0.2) is 30.6 Å². The smallest absolute Gasteiger partial charge is 0.326 e. The minimum Gasteiger partial charge on any atom is -0.480 e. The van der Waals surface area contributed by atoms with Crippen molar-refractivity contribution in [2.75, 3.05) is 5.32 Å². The van der Waals surface area contributed by atoms with Gasteiger partial charge in [0, 0.05) is 5.39 Å². The molecule has 0 saturated carbocycles. The maximum atomic E-state index is 11.3. The molecule has 100 valence electrons. The fraction of sp³-hybridized carbons (Fsp3) is 0.357. The molecule has 0 aliphatic carbocycles. The van der Waals surface area contributed by atoms with Gasteiger partial charge in [0.2, 0.25) is 0 Å². The third-order valence-electron chi connectivity index (χ3n) is 3.31. The van der Waals surface area contributed by atoms with E-state index >= 15 is 0 Å². The number of nitrogens with zero attached hydrogens (tertiary/aromatic N) is 2. The first kappa shape index (κ1) is 13.3. The average Bonchev–Trinajstić information content (AvgIpc) is 2.43. The summed E-state index contributed by atoms with van der Waals surface area (Å²) in [7, 11) is 0. The van der Waals surface area contributed by atoms with Crippen LogP contribution in [0.2, 0.25) is 0 Å². The standard InChI is InChI=1S/C14H17N3O2/c1-3-9(2)12(14(18)19)17-13-10-6-4-5-7-11(10)15-8-16-13/h4-9,12H,3H2,1-2H3,(H,18,19)(H,15,16,17)/t9-,12+/m0/s1. The van der Waals surface area contributed by atoms with Crippen LogP contribution in [0, 0.1) is 5.92 Å². The van der Waals surface area contributed by atoms with Gasteiger partial charge in [0.25, 0.3) is 0 Å². The van der Waals surface area contributed by atoms with Gasteiger partial charge >= 0.3 is 5.97 Å². The van der Waals surface area contributed by atoms with Crippen molar-refractivity contribution in [1.29, 1.82) is 0 Å². The summed E-state index contributed by atoms with van der Waals surface area (Å²) in [6.45, 7) is 3.88. The highest BCUT2D eigenvalue weighted by Gasteiger charge is 2.24. The number of aliphatic carboxylic acids is 1. The molecule has 2 N–H and O–H groups in total. The van der Waals surface area contributed by atoms with E-state index in [9.17, 15) is 9.90 Å². The largest absolute Gasteiger partial charge is 0.480 e. The highest BCUT2D eigenvalue weighted by Crippen LogP contribution is 2.21. The molecule has 2 atom stereocenters. The van der Waals surface area contributed by atoms with Gasteiger partial charge in [-0.3, -0.25) is 0 Å². The quantitative estimate of drug-likeness (QED) is 0.863. The Bertz CT molecular complexity index is 580. The number of para-hydroxylation sites is 1. The maximum Gasteiger partial charge on any atom is 0.326 e. The number of carboxylic acids is 1. The molecule has 19 heavy (non-hydrogen) atoms. The molecule has 0 saturated heterocycles. The number of nitrogens with one attached hydrogen (secondary N) is 1. The van der Waals surface area contributed by atoms with Crippen molar-refractivity contribution in [3.8, 4) is 0 Å². The second kappa shape index (κ2) is 5.65. The Morgan fingerprint density at radius 1 is 1.37 bits per heavy atom. The molecule has 0 radical (unpaired) electrons. The number of hydrogen-bond donors (Lipinski definition) is 2. The Labute approximate surface area is 111 Å². The normalized spacial score (nSPS) is 14.0. The van der Waals surface area contributed by atoms with E-state index in [4.69, 9.17) is 0 Å². The first-order valence-corrected chi connectivity index (χ1v) is 6.32. The van der Waals surface area contributed by atoms with E-state index in [0.717, 1.165) is 17.3 Å². The van der Waals surface area contributed by atoms with Crippen LogP contribution in [0.3, 0.4) is 0 Å². The van der Waals surface area contributed by atoms with Crippen molar-refractivity contribution in [3.63, 3.8) is 0 Å². The van der Waals surface area contributed by atoms with Crippen molar-refractivity contribution >= 4 is 22.7 Å². The van der Waals surface area contributed by atoms with Crippen molar-refractivity contribution in [2.45, 2.75) is 26.3 Å². The van der Waals surface area contributed by atoms with Crippen LogP contribution in [0.25, 0.3) is 10.9 Å². The number of carboxylic acid groups (broad SMARTS) is 1. The zero-order valence-electron chi connectivity index (χ0n) is 11.0. The number of aromatic nitrogens is 2. The number of rotatable bonds is 5. The summed E-state index contributed by atoms with van der Waals surface area (Å²) in [4.78, 5) is 19.7. The Morgan fingerprint density at radius 2 is 2.11 bits per heavy atom. The van der Waals surface area contributed by atoms with E-state index < -0.39 is 12.0 Å². The molecule has 0 unspecified atom stereocenters. The molecule has 0 amide bonds. The molecular weight excluding hydrogens is 242 g/mol. The third-order valence-corrected chi connectivity index (χ3v) is 3.31. The van der Waals surface area contributed by atoms with Crippen LogP contribution in [-0.2, 0) is 4.79 Å². The summed E-state index contributed by atoms with van der Waals surface area (Å²) < 4.78 is 0. The van der Waals surface area contributed by atoms with Crippen molar-refractivity contribution in [3.05, 3.63) is 30.6 Å². The molecule has 1 aromatic carbocycles. The highest BCUT2D eigenvalue weighted by atomic mass is 16.4. The molecule has 0 aliphatic rings. The van der Waals surface area contributed by atoms with Gasteiger partial charge in [-0.2, -0.15) is 0 Å². The minimum atomic E-state index is -0.864. The molecule has 2 rings (SSSR count). The van der Waals surface area contributed by atoms with Gasteiger partial charge in [-0.25, -0.2) is 14.8 Å². The maximum absolute atomic E-state index is 11.3. The van der Waals surface area contributed by atoms with Gasteiger partial charge in [0.15, 0.2) is 0 Å². The van der Waals surface area contributed by atoms with E-state index in [1.165, 1.54) is 6.33 Å². The molecule has 0 aliphatic heterocycles. The first-order valence-electron chi connectivity index (χ1n) is 6.32. The predicted octanol–water partition coefficient (Wildman–Crippen LogP) is 2.54. The molecule has 5 nitrogen and oxygen atoms in total. The number of benzene rings is 1. The molecule has 1 aromatic heterocycles. The molecule has 2 aromatic rings. The van der Waals surface area contributed by atoms with Crippen molar-refractivity contribution < 1.29 is 9.90 Å². The number of carbonyl (C=O) groups is 1. The summed E-state index contributed by atoms with van der Waals surface area (Å²) in [5.41, 5.74) is 0.799. The van der Waals surface area contributed by atoms with Gasteiger partial charge in [0.1, 0.15) is 18.2 Å². The van der Waals surface area contributed by atoms with Crippen LogP contribution < -0.4 is 5.32 Å². The molecule has 0 fully saturated rings. The molecule has 5 heteroatoms. The van der Waals surface area contributed by atoms with Crippen LogP contribution in [0.5, 0.6) is 0 Å². The zero-order valence-corrected chi connectivity index (χ0v) is 11.0.